The molecule has 0 amide bonds. The molecule has 0 fully saturated rings. The van der Waals surface area contributed by atoms with Gasteiger partial charge in [0, 0.05) is 0 Å². The number of unbranched alkanes of at least 4 members (excludes halogenated alkanes) is 1. The van der Waals surface area contributed by atoms with Gasteiger partial charge in [-0.1, -0.05) is 57.0 Å². The van der Waals surface area contributed by atoms with Crippen LogP contribution in [0.2, 0.25) is 0 Å². The quantitative estimate of drug-likeness (QED) is 0.807. The van der Waals surface area contributed by atoms with Crippen LogP contribution in [0.4, 0.5) is 0 Å². The molecule has 4 heteroatoms. The molecule has 0 radical (unpaired) electrons. The molecule has 0 saturated carbocycles. The van der Waals surface area contributed by atoms with Crippen molar-refractivity contribution in [1.82, 2.24) is 0 Å². The van der Waals surface area contributed by atoms with Crippen molar-refractivity contribution in [1.29, 1.82) is 0 Å². The highest BCUT2D eigenvalue weighted by atomic mass is 31.1. The second-order valence-corrected chi connectivity index (χ2v) is 4.17. The largest absolute Gasteiger partial charge is 0.326 e. The van der Waals surface area contributed by atoms with Gasteiger partial charge in [-0.3, -0.25) is 4.57 Å². The van der Waals surface area contributed by atoms with E-state index in [9.17, 15) is 4.57 Å². The molecule has 1 aromatic carbocycles. The Labute approximate surface area is 98.4 Å². The molecule has 16 heavy (non-hydrogen) atoms. The summed E-state index contributed by atoms with van der Waals surface area (Å²) in [4.78, 5) is 8.35. The summed E-state index contributed by atoms with van der Waals surface area (Å²) in [5.41, 5.74) is 1.11. The topological polar surface area (TPSA) is 46.5 Å². The lowest BCUT2D eigenvalue weighted by Crippen LogP contribution is -1.92. The van der Waals surface area contributed by atoms with E-state index in [1.165, 1.54) is 12.8 Å². The van der Waals surface area contributed by atoms with Crippen LogP contribution >= 0.6 is 8.25 Å². The maximum absolute atomic E-state index is 10.2. The normalized spacial score (nSPS) is 11.4. The number of hydrogen-bond acceptors (Lipinski definition) is 2. The van der Waals surface area contributed by atoms with Gasteiger partial charge < -0.3 is 9.42 Å². The molecule has 0 aliphatic rings. The molecule has 0 aromatic heterocycles. The second kappa shape index (κ2) is 10.9. The minimum Gasteiger partial charge on any atom is -0.326 e. The second-order valence-electron chi connectivity index (χ2n) is 3.35. The van der Waals surface area contributed by atoms with E-state index in [0.717, 1.165) is 5.56 Å². The smallest absolute Gasteiger partial charge is 0.316 e. The number of rotatable bonds is 5. The summed E-state index contributed by atoms with van der Waals surface area (Å²) in [6.45, 7) is 4.66. The van der Waals surface area contributed by atoms with Crippen LogP contribution in [0.3, 0.4) is 0 Å². The van der Waals surface area contributed by atoms with E-state index in [0.29, 0.717) is 13.0 Å². The van der Waals surface area contributed by atoms with Gasteiger partial charge in [0.15, 0.2) is 0 Å². The fourth-order valence-corrected chi connectivity index (χ4v) is 1.18. The molecule has 1 rings (SSSR count). The van der Waals surface area contributed by atoms with Crippen molar-refractivity contribution in [2.45, 2.75) is 33.1 Å². The van der Waals surface area contributed by atoms with Crippen LogP contribution in [0.1, 0.15) is 32.3 Å². The Bertz CT molecular complexity index is 273. The van der Waals surface area contributed by atoms with Gasteiger partial charge in [-0.15, -0.1) is 0 Å². The SMILES string of the molecule is CCCC.O=[PH](O)OCCc1ccccc1. The molecule has 1 atom stereocenters. The lowest BCUT2D eigenvalue weighted by molar-refractivity contribution is 0.285. The average Bonchev–Trinajstić information content (AvgIpc) is 2.30. The van der Waals surface area contributed by atoms with Crippen LogP contribution < -0.4 is 0 Å². The molecule has 92 valence electrons. The molecule has 0 aliphatic heterocycles. The summed E-state index contributed by atoms with van der Waals surface area (Å²) in [5, 5.41) is 0. The first-order chi connectivity index (χ1) is 7.70. The van der Waals surface area contributed by atoms with Crippen molar-refractivity contribution in [2.75, 3.05) is 6.61 Å². The highest BCUT2D eigenvalue weighted by Crippen LogP contribution is 2.14. The van der Waals surface area contributed by atoms with Crippen LogP contribution in [0.5, 0.6) is 0 Å². The Morgan fingerprint density at radius 3 is 2.19 bits per heavy atom. The third-order valence-corrected chi connectivity index (χ3v) is 2.41. The summed E-state index contributed by atoms with van der Waals surface area (Å²) in [6, 6.07) is 9.70. The van der Waals surface area contributed by atoms with Gasteiger partial charge in [0.05, 0.1) is 6.61 Å². The zero-order valence-electron chi connectivity index (χ0n) is 9.98. The summed E-state index contributed by atoms with van der Waals surface area (Å²) >= 11 is 0. The van der Waals surface area contributed by atoms with Gasteiger partial charge in [0.2, 0.25) is 0 Å². The van der Waals surface area contributed by atoms with Gasteiger partial charge in [0.25, 0.3) is 0 Å². The van der Waals surface area contributed by atoms with Crippen molar-refractivity contribution < 1.29 is 14.0 Å². The van der Waals surface area contributed by atoms with E-state index in [-0.39, 0.29) is 0 Å². The van der Waals surface area contributed by atoms with E-state index in [1.54, 1.807) is 0 Å². The molecule has 0 bridgehead atoms. The average molecular weight is 244 g/mol. The first-order valence-electron chi connectivity index (χ1n) is 5.60. The van der Waals surface area contributed by atoms with Crippen molar-refractivity contribution in [3.63, 3.8) is 0 Å². The Hall–Kier alpha value is -0.630. The molecular weight excluding hydrogens is 223 g/mol. The maximum Gasteiger partial charge on any atom is 0.316 e. The van der Waals surface area contributed by atoms with Crippen LogP contribution in [0.15, 0.2) is 30.3 Å². The van der Waals surface area contributed by atoms with Crippen LogP contribution in [-0.2, 0) is 15.5 Å². The summed E-state index contributed by atoms with van der Waals surface area (Å²) < 4.78 is 14.7. The molecule has 3 nitrogen and oxygen atoms in total. The summed E-state index contributed by atoms with van der Waals surface area (Å²) in [6.07, 6.45) is 3.32. The lowest BCUT2D eigenvalue weighted by Gasteiger charge is -1.99. The third kappa shape index (κ3) is 9.91. The van der Waals surface area contributed by atoms with Gasteiger partial charge in [-0.25, -0.2) is 0 Å². The Kier molecular flexibility index (Phi) is 10.4. The molecule has 0 saturated heterocycles. The van der Waals surface area contributed by atoms with Crippen LogP contribution in [0, 0.1) is 0 Å². The maximum atomic E-state index is 10.2. The Morgan fingerprint density at radius 2 is 1.75 bits per heavy atom. The van der Waals surface area contributed by atoms with Gasteiger partial charge in [-0.2, -0.15) is 0 Å². The summed E-state index contributed by atoms with van der Waals surface area (Å²) in [5.74, 6) is 0. The molecule has 0 heterocycles. The highest BCUT2D eigenvalue weighted by molar-refractivity contribution is 7.32. The third-order valence-electron chi connectivity index (χ3n) is 1.96. The zero-order valence-corrected chi connectivity index (χ0v) is 11.0. The monoisotopic (exact) mass is 244 g/mol. The van der Waals surface area contributed by atoms with E-state index in [1.807, 2.05) is 30.3 Å². The van der Waals surface area contributed by atoms with E-state index in [2.05, 4.69) is 18.4 Å². The molecule has 1 unspecified atom stereocenters. The van der Waals surface area contributed by atoms with E-state index in [4.69, 9.17) is 4.89 Å². The molecule has 1 N–H and O–H groups in total. The van der Waals surface area contributed by atoms with Crippen molar-refractivity contribution >= 4 is 8.25 Å². The van der Waals surface area contributed by atoms with Crippen LogP contribution in [-0.4, -0.2) is 11.5 Å². The number of benzene rings is 1. The minimum atomic E-state index is -2.75. The van der Waals surface area contributed by atoms with Crippen molar-refractivity contribution in [3.05, 3.63) is 35.9 Å². The van der Waals surface area contributed by atoms with Crippen molar-refractivity contribution in [3.8, 4) is 0 Å². The lowest BCUT2D eigenvalue weighted by atomic mass is 10.2. The first-order valence-corrected chi connectivity index (χ1v) is 6.86. The minimum absolute atomic E-state index is 0.304. The molecule has 0 aliphatic carbocycles. The fourth-order valence-electron chi connectivity index (χ4n) is 0.901. The fraction of sp³-hybridized carbons (Fsp3) is 0.500. The van der Waals surface area contributed by atoms with E-state index < -0.39 is 8.25 Å². The van der Waals surface area contributed by atoms with E-state index >= 15 is 0 Å². The molecule has 0 spiro atoms. The van der Waals surface area contributed by atoms with Gasteiger partial charge in [0.1, 0.15) is 0 Å². The Morgan fingerprint density at radius 1 is 1.19 bits per heavy atom. The standard InChI is InChI=1S/C8H11O3P.C4H10/c9-12(10)11-7-6-8-4-2-1-3-5-8;1-3-4-2/h1-5,12H,6-7H2,(H,9,10);3-4H2,1-2H3. The van der Waals surface area contributed by atoms with Crippen LogP contribution in [0.25, 0.3) is 0 Å². The van der Waals surface area contributed by atoms with Gasteiger partial charge >= 0.3 is 8.25 Å². The number of hydrogen-bond donors (Lipinski definition) is 1. The van der Waals surface area contributed by atoms with Crippen molar-refractivity contribution in [2.24, 2.45) is 0 Å². The summed E-state index contributed by atoms with van der Waals surface area (Å²) in [7, 11) is -2.75. The molecular formula is C12H21O3P. The molecule has 1 aromatic rings. The first kappa shape index (κ1) is 15.4. The Balaban J connectivity index is 0.000000487. The van der Waals surface area contributed by atoms with Gasteiger partial charge in [-0.05, 0) is 12.0 Å². The predicted octanol–water partition coefficient (Wildman–Crippen LogP) is 3.43. The zero-order chi connectivity index (χ0) is 12.2. The predicted molar refractivity (Wildman–Crippen MR) is 67.9 cm³/mol. The highest BCUT2D eigenvalue weighted by Gasteiger charge is 1.93.